The Morgan fingerprint density at radius 3 is 2.71 bits per heavy atom. The summed E-state index contributed by atoms with van der Waals surface area (Å²) in [6, 6.07) is 0. The Balaban J connectivity index is 2.71. The summed E-state index contributed by atoms with van der Waals surface area (Å²) in [6.45, 7) is -0.448. The first-order valence-electron chi connectivity index (χ1n) is 4.57. The Morgan fingerprint density at radius 1 is 1.53 bits per heavy atom. The van der Waals surface area contributed by atoms with Gasteiger partial charge in [-0.15, -0.1) is 0 Å². The number of hydrogen-bond acceptors (Lipinski definition) is 6. The molecular formula is C7H12N2O7S. The molecule has 17 heavy (non-hydrogen) atoms. The number of carboxylic acid groups (broad SMARTS) is 1. The maximum absolute atomic E-state index is 11.6. The summed E-state index contributed by atoms with van der Waals surface area (Å²) < 4.78 is 34.6. The minimum Gasteiger partial charge on any atom is -0.479 e. The third-order valence-electron chi connectivity index (χ3n) is 2.04. The molecule has 0 aromatic rings. The fraction of sp³-hybridized carbons (Fsp3) is 0.714. The van der Waals surface area contributed by atoms with Gasteiger partial charge in [-0.3, -0.25) is 0 Å². The Bertz CT molecular complexity index is 406. The van der Waals surface area contributed by atoms with Crippen molar-refractivity contribution in [1.29, 1.82) is 0 Å². The van der Waals surface area contributed by atoms with E-state index in [9.17, 15) is 18.0 Å². The molecule has 0 saturated carbocycles. The van der Waals surface area contributed by atoms with Gasteiger partial charge < -0.3 is 14.6 Å². The van der Waals surface area contributed by atoms with Gasteiger partial charge >= 0.3 is 22.3 Å². The van der Waals surface area contributed by atoms with Gasteiger partial charge in [0.25, 0.3) is 0 Å². The number of amides is 1. The second kappa shape index (κ2) is 5.29. The van der Waals surface area contributed by atoms with E-state index in [0.29, 0.717) is 0 Å². The third-order valence-corrected chi connectivity index (χ3v) is 3.48. The number of rotatable bonds is 3. The second-order valence-corrected chi connectivity index (χ2v) is 4.83. The van der Waals surface area contributed by atoms with Gasteiger partial charge in [0.1, 0.15) is 0 Å². The molecule has 1 unspecified atom stereocenters. The highest BCUT2D eigenvalue weighted by Crippen LogP contribution is 2.09. The number of aliphatic carboxylic acids is 1. The van der Waals surface area contributed by atoms with Gasteiger partial charge in [-0.2, -0.15) is 12.7 Å². The highest BCUT2D eigenvalue weighted by atomic mass is 32.2. The molecule has 98 valence electrons. The number of nitrogens with zero attached hydrogens (tertiary/aromatic N) is 1. The topological polar surface area (TPSA) is 122 Å². The van der Waals surface area contributed by atoms with Crippen LogP contribution < -0.4 is 4.72 Å². The summed E-state index contributed by atoms with van der Waals surface area (Å²) in [5.41, 5.74) is 0. The summed E-state index contributed by atoms with van der Waals surface area (Å²) >= 11 is 0. The fourth-order valence-electron chi connectivity index (χ4n) is 1.20. The first-order chi connectivity index (χ1) is 7.86. The van der Waals surface area contributed by atoms with E-state index >= 15 is 0 Å². The smallest absolute Gasteiger partial charge is 0.421 e. The van der Waals surface area contributed by atoms with Crippen molar-refractivity contribution in [2.24, 2.45) is 0 Å². The average molecular weight is 268 g/mol. The zero-order valence-corrected chi connectivity index (χ0v) is 9.77. The quantitative estimate of drug-likeness (QED) is 0.630. The molecule has 1 aliphatic heterocycles. The van der Waals surface area contributed by atoms with Gasteiger partial charge in [-0.05, 0) is 0 Å². The molecule has 1 fully saturated rings. The number of morpholine rings is 1. The van der Waals surface area contributed by atoms with Gasteiger partial charge in [-0.25, -0.2) is 14.3 Å². The molecule has 9 nitrogen and oxygen atoms in total. The molecule has 1 heterocycles. The second-order valence-electron chi connectivity index (χ2n) is 3.15. The molecule has 0 bridgehead atoms. The highest BCUT2D eigenvalue weighted by molar-refractivity contribution is 7.87. The largest absolute Gasteiger partial charge is 0.479 e. The molecule has 1 amide bonds. The summed E-state index contributed by atoms with van der Waals surface area (Å²) in [6.07, 6.45) is -2.37. The van der Waals surface area contributed by atoms with E-state index in [4.69, 9.17) is 9.84 Å². The van der Waals surface area contributed by atoms with E-state index in [1.54, 1.807) is 4.72 Å². The van der Waals surface area contributed by atoms with Gasteiger partial charge in [0.2, 0.25) is 0 Å². The fourth-order valence-corrected chi connectivity index (χ4v) is 2.27. The Kier molecular flexibility index (Phi) is 4.26. The van der Waals surface area contributed by atoms with Gasteiger partial charge in [0.05, 0.1) is 20.3 Å². The Labute approximate surface area is 97.5 Å². The van der Waals surface area contributed by atoms with E-state index < -0.39 is 28.4 Å². The van der Waals surface area contributed by atoms with Crippen molar-refractivity contribution in [1.82, 2.24) is 9.03 Å². The van der Waals surface area contributed by atoms with Crippen molar-refractivity contribution < 1.29 is 32.6 Å². The van der Waals surface area contributed by atoms with Crippen molar-refractivity contribution in [2.45, 2.75) is 6.10 Å². The molecule has 1 aliphatic rings. The Morgan fingerprint density at radius 2 is 2.18 bits per heavy atom. The van der Waals surface area contributed by atoms with Crippen molar-refractivity contribution in [3.63, 3.8) is 0 Å². The van der Waals surface area contributed by atoms with E-state index in [1.807, 2.05) is 0 Å². The first-order valence-corrected chi connectivity index (χ1v) is 6.01. The van der Waals surface area contributed by atoms with Crippen LogP contribution in [0.4, 0.5) is 4.79 Å². The molecule has 1 atom stereocenters. The van der Waals surface area contributed by atoms with Crippen molar-refractivity contribution in [3.05, 3.63) is 0 Å². The highest BCUT2D eigenvalue weighted by Gasteiger charge is 2.34. The zero-order chi connectivity index (χ0) is 13.1. The van der Waals surface area contributed by atoms with Crippen molar-refractivity contribution in [2.75, 3.05) is 26.8 Å². The lowest BCUT2D eigenvalue weighted by Crippen LogP contribution is -2.52. The number of ether oxygens (including phenoxy) is 2. The number of hydrogen-bond donors (Lipinski definition) is 2. The number of methoxy groups -OCH3 is 1. The molecule has 10 heteroatoms. The van der Waals surface area contributed by atoms with Gasteiger partial charge in [0, 0.05) is 6.54 Å². The minimum absolute atomic E-state index is 0.0316. The summed E-state index contributed by atoms with van der Waals surface area (Å²) in [4.78, 5) is 21.4. The molecular weight excluding hydrogens is 256 g/mol. The standard InChI is InChI=1S/C7H12N2O7S/c1-15-7(12)8-17(13,14)9-2-3-16-5(4-9)6(10)11/h5H,2-4H2,1H3,(H,8,12)(H,10,11). The van der Waals surface area contributed by atoms with Crippen LogP contribution in [-0.2, 0) is 24.5 Å². The molecule has 2 N–H and O–H groups in total. The SMILES string of the molecule is COC(=O)NS(=O)(=O)N1CCOC(C(=O)O)C1. The van der Waals surface area contributed by atoms with Crippen LogP contribution in [-0.4, -0.2) is 62.8 Å². The normalized spacial score (nSPS) is 21.8. The summed E-state index contributed by atoms with van der Waals surface area (Å²) in [5.74, 6) is -1.26. The average Bonchev–Trinajstić information content (AvgIpc) is 2.28. The molecule has 1 rings (SSSR count). The lowest BCUT2D eigenvalue weighted by molar-refractivity contribution is -0.153. The predicted octanol–water partition coefficient (Wildman–Crippen LogP) is -1.63. The number of carbonyl (C=O) groups is 2. The van der Waals surface area contributed by atoms with Crippen LogP contribution in [0.1, 0.15) is 0 Å². The van der Waals surface area contributed by atoms with E-state index in [2.05, 4.69) is 4.74 Å². The summed E-state index contributed by atoms with van der Waals surface area (Å²) in [7, 11) is -3.08. The zero-order valence-electron chi connectivity index (χ0n) is 8.95. The first kappa shape index (κ1) is 13.7. The predicted molar refractivity (Wildman–Crippen MR) is 53.4 cm³/mol. The monoisotopic (exact) mass is 268 g/mol. The van der Waals surface area contributed by atoms with Crippen LogP contribution in [0.15, 0.2) is 0 Å². The van der Waals surface area contributed by atoms with Gasteiger partial charge in [-0.1, -0.05) is 0 Å². The van der Waals surface area contributed by atoms with Crippen LogP contribution in [0.3, 0.4) is 0 Å². The molecule has 1 saturated heterocycles. The number of nitrogens with one attached hydrogen (secondary N) is 1. The number of carbonyl (C=O) groups excluding carboxylic acids is 1. The third kappa shape index (κ3) is 3.54. The molecule has 0 aromatic heterocycles. The lowest BCUT2D eigenvalue weighted by atomic mass is 10.3. The minimum atomic E-state index is -4.10. The van der Waals surface area contributed by atoms with Crippen molar-refractivity contribution >= 4 is 22.3 Å². The molecule has 0 aliphatic carbocycles. The maximum Gasteiger partial charge on any atom is 0.421 e. The molecule has 0 spiro atoms. The number of carboxylic acids is 1. The Hall–Kier alpha value is -1.39. The van der Waals surface area contributed by atoms with Crippen LogP contribution in [0.25, 0.3) is 0 Å². The van der Waals surface area contributed by atoms with Crippen molar-refractivity contribution in [3.8, 4) is 0 Å². The van der Waals surface area contributed by atoms with Crippen LogP contribution in [0, 0.1) is 0 Å². The maximum atomic E-state index is 11.6. The summed E-state index contributed by atoms with van der Waals surface area (Å²) in [5, 5.41) is 8.69. The van der Waals surface area contributed by atoms with E-state index in [0.717, 1.165) is 11.4 Å². The van der Waals surface area contributed by atoms with E-state index in [1.165, 1.54) is 0 Å². The molecule has 0 aromatic carbocycles. The van der Waals surface area contributed by atoms with Crippen LogP contribution in [0.5, 0.6) is 0 Å². The lowest BCUT2D eigenvalue weighted by Gasteiger charge is -2.29. The van der Waals surface area contributed by atoms with Gasteiger partial charge in [0.15, 0.2) is 6.10 Å². The van der Waals surface area contributed by atoms with Crippen LogP contribution in [0.2, 0.25) is 0 Å². The molecule has 0 radical (unpaired) electrons. The van der Waals surface area contributed by atoms with E-state index in [-0.39, 0.29) is 19.7 Å². The van der Waals surface area contributed by atoms with Crippen LogP contribution >= 0.6 is 0 Å².